The number of carbonyl (C=O) groups is 3. The Bertz CT molecular complexity index is 1370. The number of aromatic nitrogens is 3. The SMILES string of the molecule is Cc1cc(C)n(-c2ccc(C(=O)NCCN3C(=O)S/C(=C\c4ccc5c(c4)OCO5)C3=O)cn2)n1. The molecule has 0 spiro atoms. The van der Waals surface area contributed by atoms with Crippen molar-refractivity contribution in [2.75, 3.05) is 19.9 Å². The summed E-state index contributed by atoms with van der Waals surface area (Å²) in [6.45, 7) is 4.16. The van der Waals surface area contributed by atoms with Gasteiger partial charge in [0.25, 0.3) is 17.1 Å². The Hall–Kier alpha value is -4.12. The predicted molar refractivity (Wildman–Crippen MR) is 128 cm³/mol. The fraction of sp³-hybridized carbons (Fsp3) is 0.208. The van der Waals surface area contributed by atoms with Crippen molar-refractivity contribution in [3.05, 3.63) is 70.0 Å². The average Bonchev–Trinajstić information content (AvgIpc) is 3.52. The lowest BCUT2D eigenvalue weighted by atomic mass is 10.2. The van der Waals surface area contributed by atoms with Crippen LogP contribution in [0.3, 0.4) is 0 Å². The molecule has 0 bridgehead atoms. The summed E-state index contributed by atoms with van der Waals surface area (Å²) in [7, 11) is 0. The number of carbonyl (C=O) groups excluding carboxylic acids is 3. The van der Waals surface area contributed by atoms with Crippen LogP contribution >= 0.6 is 11.8 Å². The summed E-state index contributed by atoms with van der Waals surface area (Å²) in [4.78, 5) is 43.3. The monoisotopic (exact) mass is 491 g/mol. The minimum atomic E-state index is -0.400. The van der Waals surface area contributed by atoms with Gasteiger partial charge in [0, 0.05) is 25.0 Å². The van der Waals surface area contributed by atoms with E-state index in [2.05, 4.69) is 15.4 Å². The fourth-order valence-electron chi connectivity index (χ4n) is 3.74. The molecule has 0 saturated carbocycles. The number of amides is 3. The third-order valence-corrected chi connectivity index (χ3v) is 6.33. The molecule has 3 amide bonds. The van der Waals surface area contributed by atoms with Gasteiger partial charge >= 0.3 is 0 Å². The van der Waals surface area contributed by atoms with Gasteiger partial charge in [0.2, 0.25) is 6.79 Å². The van der Waals surface area contributed by atoms with E-state index in [1.807, 2.05) is 19.9 Å². The zero-order valence-electron chi connectivity index (χ0n) is 19.0. The zero-order valence-corrected chi connectivity index (χ0v) is 19.8. The quantitative estimate of drug-likeness (QED) is 0.523. The maximum absolute atomic E-state index is 12.7. The number of nitrogens with zero attached hydrogens (tertiary/aromatic N) is 4. The van der Waals surface area contributed by atoms with Gasteiger partial charge in [0.05, 0.1) is 16.2 Å². The van der Waals surface area contributed by atoms with Crippen molar-refractivity contribution in [3.63, 3.8) is 0 Å². The van der Waals surface area contributed by atoms with Crippen LogP contribution in [-0.2, 0) is 4.79 Å². The van der Waals surface area contributed by atoms with E-state index in [-0.39, 0.29) is 31.0 Å². The molecule has 35 heavy (non-hydrogen) atoms. The van der Waals surface area contributed by atoms with Crippen LogP contribution in [0.25, 0.3) is 11.9 Å². The molecule has 2 aromatic heterocycles. The third kappa shape index (κ3) is 4.62. The molecule has 0 unspecified atom stereocenters. The maximum atomic E-state index is 12.7. The van der Waals surface area contributed by atoms with E-state index in [1.54, 1.807) is 41.1 Å². The van der Waals surface area contributed by atoms with Crippen molar-refractivity contribution >= 4 is 34.9 Å². The van der Waals surface area contributed by atoms with E-state index in [0.717, 1.165) is 33.6 Å². The Balaban J connectivity index is 1.17. The summed E-state index contributed by atoms with van der Waals surface area (Å²) in [5.74, 6) is 1.10. The lowest BCUT2D eigenvalue weighted by Crippen LogP contribution is -2.37. The van der Waals surface area contributed by atoms with Crippen LogP contribution in [0.15, 0.2) is 47.5 Å². The molecule has 11 heteroatoms. The molecule has 0 aliphatic carbocycles. The predicted octanol–water partition coefficient (Wildman–Crippen LogP) is 3.08. The van der Waals surface area contributed by atoms with Crippen molar-refractivity contribution in [2.24, 2.45) is 0 Å². The molecule has 1 saturated heterocycles. The number of pyridine rings is 1. The molecular weight excluding hydrogens is 470 g/mol. The smallest absolute Gasteiger partial charge is 0.293 e. The van der Waals surface area contributed by atoms with Crippen molar-refractivity contribution in [1.29, 1.82) is 0 Å². The number of benzene rings is 1. The Morgan fingerprint density at radius 3 is 2.71 bits per heavy atom. The number of fused-ring (bicyclic) bond motifs is 1. The first kappa shape index (κ1) is 22.7. The second kappa shape index (κ2) is 9.26. The molecule has 2 aliphatic rings. The van der Waals surface area contributed by atoms with Gasteiger partial charge < -0.3 is 14.8 Å². The van der Waals surface area contributed by atoms with E-state index in [1.165, 1.54) is 6.20 Å². The fourth-order valence-corrected chi connectivity index (χ4v) is 4.60. The van der Waals surface area contributed by atoms with Crippen LogP contribution in [0.2, 0.25) is 0 Å². The number of nitrogens with one attached hydrogen (secondary N) is 1. The average molecular weight is 492 g/mol. The molecule has 1 fully saturated rings. The van der Waals surface area contributed by atoms with Crippen LogP contribution in [0.5, 0.6) is 11.5 Å². The van der Waals surface area contributed by atoms with Crippen LogP contribution in [-0.4, -0.2) is 56.6 Å². The first-order valence-corrected chi connectivity index (χ1v) is 11.6. The van der Waals surface area contributed by atoms with Gasteiger partial charge in [-0.2, -0.15) is 5.10 Å². The van der Waals surface area contributed by atoms with Crippen molar-refractivity contribution < 1.29 is 23.9 Å². The molecule has 10 nitrogen and oxygen atoms in total. The third-order valence-electron chi connectivity index (χ3n) is 5.43. The molecule has 3 aromatic rings. The summed E-state index contributed by atoms with van der Waals surface area (Å²) in [6.07, 6.45) is 3.11. The Morgan fingerprint density at radius 2 is 1.97 bits per heavy atom. The van der Waals surface area contributed by atoms with Crippen molar-refractivity contribution in [3.8, 4) is 17.3 Å². The van der Waals surface area contributed by atoms with Crippen LogP contribution < -0.4 is 14.8 Å². The van der Waals surface area contributed by atoms with Gasteiger partial charge in [-0.3, -0.25) is 19.3 Å². The van der Waals surface area contributed by atoms with E-state index in [0.29, 0.717) is 27.8 Å². The number of ether oxygens (including phenoxy) is 2. The normalized spacial score (nSPS) is 15.8. The summed E-state index contributed by atoms with van der Waals surface area (Å²) in [6, 6.07) is 10.6. The molecule has 1 aromatic carbocycles. The van der Waals surface area contributed by atoms with Gasteiger partial charge in [-0.1, -0.05) is 6.07 Å². The molecule has 178 valence electrons. The number of aryl methyl sites for hydroxylation is 2. The first-order chi connectivity index (χ1) is 16.9. The molecule has 0 radical (unpaired) electrons. The first-order valence-electron chi connectivity index (χ1n) is 10.8. The van der Waals surface area contributed by atoms with Crippen LogP contribution in [0, 0.1) is 13.8 Å². The highest BCUT2D eigenvalue weighted by atomic mass is 32.2. The van der Waals surface area contributed by atoms with E-state index in [4.69, 9.17) is 9.47 Å². The Kier molecular flexibility index (Phi) is 6.00. The molecule has 1 N–H and O–H groups in total. The molecular formula is C24H21N5O5S. The summed E-state index contributed by atoms with van der Waals surface area (Å²) >= 11 is 0.863. The Labute approximate surface area is 204 Å². The van der Waals surface area contributed by atoms with Gasteiger partial charge in [-0.15, -0.1) is 0 Å². The van der Waals surface area contributed by atoms with Gasteiger partial charge in [-0.25, -0.2) is 9.67 Å². The van der Waals surface area contributed by atoms with Gasteiger partial charge in [0.1, 0.15) is 0 Å². The Morgan fingerprint density at radius 1 is 1.14 bits per heavy atom. The van der Waals surface area contributed by atoms with E-state index >= 15 is 0 Å². The summed E-state index contributed by atoms with van der Waals surface area (Å²) in [5, 5.41) is 6.72. The van der Waals surface area contributed by atoms with E-state index < -0.39 is 5.91 Å². The molecule has 2 aliphatic heterocycles. The number of imide groups is 1. The number of thioether (sulfide) groups is 1. The lowest BCUT2D eigenvalue weighted by molar-refractivity contribution is -0.122. The highest BCUT2D eigenvalue weighted by molar-refractivity contribution is 8.18. The van der Waals surface area contributed by atoms with E-state index in [9.17, 15) is 14.4 Å². The molecule has 5 rings (SSSR count). The largest absolute Gasteiger partial charge is 0.454 e. The lowest BCUT2D eigenvalue weighted by Gasteiger charge is -2.13. The van der Waals surface area contributed by atoms with Gasteiger partial charge in [0.15, 0.2) is 17.3 Å². The van der Waals surface area contributed by atoms with Crippen LogP contribution in [0.4, 0.5) is 4.79 Å². The second-order valence-corrected chi connectivity index (χ2v) is 8.94. The van der Waals surface area contributed by atoms with Crippen molar-refractivity contribution in [1.82, 2.24) is 25.0 Å². The van der Waals surface area contributed by atoms with Crippen LogP contribution in [0.1, 0.15) is 27.3 Å². The number of rotatable bonds is 6. The minimum Gasteiger partial charge on any atom is -0.454 e. The topological polar surface area (TPSA) is 116 Å². The minimum absolute atomic E-state index is 0.0617. The molecule has 4 heterocycles. The highest BCUT2D eigenvalue weighted by Crippen LogP contribution is 2.36. The zero-order chi connectivity index (χ0) is 24.5. The molecule has 0 atom stereocenters. The maximum Gasteiger partial charge on any atom is 0.293 e. The number of hydrogen-bond acceptors (Lipinski definition) is 8. The highest BCUT2D eigenvalue weighted by Gasteiger charge is 2.34. The summed E-state index contributed by atoms with van der Waals surface area (Å²) in [5.41, 5.74) is 2.91. The number of hydrogen-bond donors (Lipinski definition) is 1. The second-order valence-electron chi connectivity index (χ2n) is 7.95. The standard InChI is InChI=1S/C24H21N5O5S/c1-14-9-15(2)29(27-14)21-6-4-17(12-26-21)22(30)25-7-8-28-23(31)20(35-24(28)32)11-16-3-5-18-19(10-16)34-13-33-18/h3-6,9-12H,7-8,13H2,1-2H3,(H,25,30)/b20-11-. The van der Waals surface area contributed by atoms with Crippen molar-refractivity contribution in [2.45, 2.75) is 13.8 Å². The summed E-state index contributed by atoms with van der Waals surface area (Å²) < 4.78 is 12.3. The van der Waals surface area contributed by atoms with Gasteiger partial charge in [-0.05, 0) is 67.6 Å².